The van der Waals surface area contributed by atoms with Crippen LogP contribution in [0.4, 0.5) is 10.1 Å². The van der Waals surface area contributed by atoms with E-state index < -0.39 is 0 Å². The number of carbonyl (C=O) groups excluding carboxylic acids is 1. The SMILES string of the molecule is Cc1c(C)n(CC2CC2)c2c(NCc3ccc(F)cc3)cc(C(=O)N3CCN(C)CC3)cc12. The summed E-state index contributed by atoms with van der Waals surface area (Å²) in [7, 11) is 2.10. The summed E-state index contributed by atoms with van der Waals surface area (Å²) in [5.74, 6) is 0.614. The maximum Gasteiger partial charge on any atom is 0.254 e. The van der Waals surface area contributed by atoms with Gasteiger partial charge in [0.15, 0.2) is 0 Å². The second-order valence-electron chi connectivity index (χ2n) is 9.76. The second kappa shape index (κ2) is 8.82. The standard InChI is InChI=1S/C27H33FN4O/c1-18-19(2)32(17-21-4-5-21)26-24(18)14-22(27(33)31-12-10-30(3)11-13-31)15-25(26)29-16-20-6-8-23(28)9-7-20/h6-9,14-15,21,29H,4-5,10-13,16-17H2,1-3H3. The van der Waals surface area contributed by atoms with Crippen LogP contribution in [0.5, 0.6) is 0 Å². The van der Waals surface area contributed by atoms with Crippen LogP contribution in [0.1, 0.15) is 40.0 Å². The second-order valence-corrected chi connectivity index (χ2v) is 9.76. The number of likely N-dealkylation sites (N-methyl/N-ethyl adjacent to an activating group) is 1. The number of anilines is 1. The Morgan fingerprint density at radius 3 is 2.42 bits per heavy atom. The predicted molar refractivity (Wildman–Crippen MR) is 131 cm³/mol. The lowest BCUT2D eigenvalue weighted by atomic mass is 10.1. The van der Waals surface area contributed by atoms with Gasteiger partial charge in [-0.2, -0.15) is 0 Å². The molecule has 0 unspecified atom stereocenters. The van der Waals surface area contributed by atoms with Crippen LogP contribution in [0.3, 0.4) is 0 Å². The Labute approximate surface area is 195 Å². The fraction of sp³-hybridized carbons (Fsp3) is 0.444. The lowest BCUT2D eigenvalue weighted by molar-refractivity contribution is 0.0664. The lowest BCUT2D eigenvalue weighted by Crippen LogP contribution is -2.47. The van der Waals surface area contributed by atoms with Crippen LogP contribution in [0.2, 0.25) is 0 Å². The highest BCUT2D eigenvalue weighted by Gasteiger charge is 2.27. The molecule has 1 aliphatic carbocycles. The van der Waals surface area contributed by atoms with Gasteiger partial charge in [-0.1, -0.05) is 12.1 Å². The number of rotatable bonds is 6. The number of aryl methyl sites for hydroxylation is 1. The summed E-state index contributed by atoms with van der Waals surface area (Å²) in [5, 5.41) is 4.73. The van der Waals surface area contributed by atoms with Crippen molar-refractivity contribution in [1.82, 2.24) is 14.4 Å². The number of hydrogen-bond acceptors (Lipinski definition) is 3. The highest BCUT2D eigenvalue weighted by molar-refractivity contribution is 6.04. The highest BCUT2D eigenvalue weighted by Crippen LogP contribution is 2.38. The Bertz CT molecular complexity index is 1170. The van der Waals surface area contributed by atoms with Gasteiger partial charge in [0.25, 0.3) is 5.91 Å². The van der Waals surface area contributed by atoms with Crippen LogP contribution in [-0.2, 0) is 13.1 Å². The topological polar surface area (TPSA) is 40.5 Å². The minimum absolute atomic E-state index is 0.0989. The number of amides is 1. The first-order chi connectivity index (χ1) is 15.9. The van der Waals surface area contributed by atoms with Crippen molar-refractivity contribution in [3.8, 4) is 0 Å². The number of aromatic nitrogens is 1. The zero-order chi connectivity index (χ0) is 23.1. The third-order valence-corrected chi connectivity index (χ3v) is 7.30. The van der Waals surface area contributed by atoms with Gasteiger partial charge in [-0.15, -0.1) is 0 Å². The van der Waals surface area contributed by atoms with E-state index in [9.17, 15) is 9.18 Å². The summed E-state index contributed by atoms with van der Waals surface area (Å²) >= 11 is 0. The third-order valence-electron chi connectivity index (χ3n) is 7.30. The smallest absolute Gasteiger partial charge is 0.254 e. The third kappa shape index (κ3) is 4.49. The fourth-order valence-electron chi connectivity index (χ4n) is 4.81. The number of carbonyl (C=O) groups is 1. The molecular formula is C27H33FN4O. The summed E-state index contributed by atoms with van der Waals surface area (Å²) in [4.78, 5) is 17.7. The Morgan fingerprint density at radius 1 is 1.06 bits per heavy atom. The molecule has 0 spiro atoms. The van der Waals surface area contributed by atoms with Crippen molar-refractivity contribution in [3.05, 3.63) is 64.6 Å². The lowest BCUT2D eigenvalue weighted by Gasteiger charge is -2.32. The number of nitrogens with zero attached hydrogens (tertiary/aromatic N) is 3. The molecule has 2 aliphatic rings. The monoisotopic (exact) mass is 448 g/mol. The molecule has 0 atom stereocenters. The van der Waals surface area contributed by atoms with E-state index in [4.69, 9.17) is 0 Å². The molecule has 33 heavy (non-hydrogen) atoms. The van der Waals surface area contributed by atoms with E-state index >= 15 is 0 Å². The number of halogens is 1. The first-order valence-electron chi connectivity index (χ1n) is 12.0. The van der Waals surface area contributed by atoms with Gasteiger partial charge in [-0.05, 0) is 75.0 Å². The van der Waals surface area contributed by atoms with Gasteiger partial charge >= 0.3 is 0 Å². The Kier molecular flexibility index (Phi) is 5.87. The average molecular weight is 449 g/mol. The van der Waals surface area contributed by atoms with E-state index in [1.54, 1.807) is 12.1 Å². The van der Waals surface area contributed by atoms with Crippen molar-refractivity contribution < 1.29 is 9.18 Å². The van der Waals surface area contributed by atoms with Crippen molar-refractivity contribution in [2.24, 2.45) is 5.92 Å². The van der Waals surface area contributed by atoms with Crippen LogP contribution in [-0.4, -0.2) is 53.5 Å². The minimum Gasteiger partial charge on any atom is -0.379 e. The number of fused-ring (bicyclic) bond motifs is 1. The van der Waals surface area contributed by atoms with Crippen molar-refractivity contribution in [3.63, 3.8) is 0 Å². The molecule has 1 saturated carbocycles. The van der Waals surface area contributed by atoms with Crippen molar-refractivity contribution in [2.75, 3.05) is 38.5 Å². The molecule has 3 aromatic rings. The van der Waals surface area contributed by atoms with E-state index in [0.717, 1.165) is 60.8 Å². The van der Waals surface area contributed by atoms with Gasteiger partial charge in [-0.3, -0.25) is 4.79 Å². The summed E-state index contributed by atoms with van der Waals surface area (Å²) in [6.45, 7) is 9.26. The van der Waals surface area contributed by atoms with Gasteiger partial charge in [-0.25, -0.2) is 4.39 Å². The van der Waals surface area contributed by atoms with Crippen molar-refractivity contribution >= 4 is 22.5 Å². The molecule has 5 nitrogen and oxygen atoms in total. The molecule has 1 saturated heterocycles. The fourth-order valence-corrected chi connectivity index (χ4v) is 4.81. The number of hydrogen-bond donors (Lipinski definition) is 1. The molecule has 2 fully saturated rings. The van der Waals surface area contributed by atoms with Gasteiger partial charge in [0.05, 0.1) is 11.2 Å². The Hall–Kier alpha value is -2.86. The van der Waals surface area contributed by atoms with Crippen LogP contribution in [0, 0.1) is 25.6 Å². The number of nitrogens with one attached hydrogen (secondary N) is 1. The van der Waals surface area contributed by atoms with Gasteiger partial charge in [0, 0.05) is 55.9 Å². The van der Waals surface area contributed by atoms with Crippen LogP contribution < -0.4 is 5.32 Å². The molecule has 1 amide bonds. The molecule has 2 heterocycles. The first kappa shape index (κ1) is 22.0. The van der Waals surface area contributed by atoms with E-state index in [2.05, 4.69) is 41.7 Å². The van der Waals surface area contributed by atoms with E-state index in [1.165, 1.54) is 41.7 Å². The average Bonchev–Trinajstić information content (AvgIpc) is 3.61. The molecule has 5 rings (SSSR count). The van der Waals surface area contributed by atoms with Gasteiger partial charge < -0.3 is 19.7 Å². The van der Waals surface area contributed by atoms with Crippen molar-refractivity contribution in [2.45, 2.75) is 39.8 Å². The maximum absolute atomic E-state index is 13.4. The summed E-state index contributed by atoms with van der Waals surface area (Å²) in [6, 6.07) is 10.7. The molecule has 174 valence electrons. The molecule has 0 radical (unpaired) electrons. The van der Waals surface area contributed by atoms with E-state index in [1.807, 2.05) is 11.0 Å². The van der Waals surface area contributed by atoms with Gasteiger partial charge in [0.2, 0.25) is 0 Å². The molecule has 0 bridgehead atoms. The maximum atomic E-state index is 13.4. The number of benzene rings is 2. The molecule has 1 aromatic heterocycles. The van der Waals surface area contributed by atoms with Crippen LogP contribution >= 0.6 is 0 Å². The Morgan fingerprint density at radius 2 is 1.76 bits per heavy atom. The first-order valence-corrected chi connectivity index (χ1v) is 12.0. The predicted octanol–water partition coefficient (Wildman–Crippen LogP) is 4.81. The summed E-state index contributed by atoms with van der Waals surface area (Å²) in [6.07, 6.45) is 2.58. The number of piperazine rings is 1. The molecule has 1 aliphatic heterocycles. The largest absolute Gasteiger partial charge is 0.379 e. The molecule has 1 N–H and O–H groups in total. The summed E-state index contributed by atoms with van der Waals surface area (Å²) < 4.78 is 15.8. The zero-order valence-electron chi connectivity index (χ0n) is 19.8. The molecular weight excluding hydrogens is 415 g/mol. The van der Waals surface area contributed by atoms with Crippen molar-refractivity contribution in [1.29, 1.82) is 0 Å². The summed E-state index contributed by atoms with van der Waals surface area (Å²) in [5.41, 5.74) is 6.41. The van der Waals surface area contributed by atoms with E-state index in [-0.39, 0.29) is 11.7 Å². The van der Waals surface area contributed by atoms with Gasteiger partial charge in [0.1, 0.15) is 5.82 Å². The normalized spacial score (nSPS) is 17.0. The minimum atomic E-state index is -0.231. The zero-order valence-corrected chi connectivity index (χ0v) is 19.8. The van der Waals surface area contributed by atoms with E-state index in [0.29, 0.717) is 6.54 Å². The molecule has 2 aromatic carbocycles. The highest BCUT2D eigenvalue weighted by atomic mass is 19.1. The van der Waals surface area contributed by atoms with Crippen LogP contribution in [0.25, 0.3) is 10.9 Å². The van der Waals surface area contributed by atoms with Crippen LogP contribution in [0.15, 0.2) is 36.4 Å². The molecule has 6 heteroatoms. The Balaban J connectivity index is 1.54. The quantitative estimate of drug-likeness (QED) is 0.589.